The fourth-order valence-corrected chi connectivity index (χ4v) is 2.32. The summed E-state index contributed by atoms with van der Waals surface area (Å²) in [6.45, 7) is 1.69. The average molecular weight is 265 g/mol. The number of carbonyl (C=O) groups is 1. The number of hydrogen-bond donors (Lipinski definition) is 1. The van der Waals surface area contributed by atoms with Crippen molar-refractivity contribution in [3.05, 3.63) is 41.3 Å². The normalized spacial score (nSPS) is 13.2. The number of benzene rings is 1. The monoisotopic (exact) mass is 265 g/mol. The predicted molar refractivity (Wildman–Crippen MR) is 73.2 cm³/mol. The molecule has 6 nitrogen and oxygen atoms in total. The molecular formula is C14H11N5O. The van der Waals surface area contributed by atoms with Crippen LogP contribution in [0.25, 0.3) is 0 Å². The van der Waals surface area contributed by atoms with E-state index in [1.165, 1.54) is 11.0 Å². The number of anilines is 3. The van der Waals surface area contributed by atoms with Gasteiger partial charge in [-0.3, -0.25) is 9.69 Å². The molecule has 0 saturated carbocycles. The van der Waals surface area contributed by atoms with Gasteiger partial charge in [-0.1, -0.05) is 0 Å². The lowest BCUT2D eigenvalue weighted by Gasteiger charge is -2.16. The molecule has 0 spiro atoms. The fraction of sp³-hybridized carbons (Fsp3) is 0.143. The minimum absolute atomic E-state index is 0.0902. The second-order valence-corrected chi connectivity index (χ2v) is 4.56. The zero-order valence-electron chi connectivity index (χ0n) is 10.8. The zero-order valence-corrected chi connectivity index (χ0v) is 10.8. The van der Waals surface area contributed by atoms with Crippen molar-refractivity contribution in [2.45, 2.75) is 13.3 Å². The fourth-order valence-electron chi connectivity index (χ4n) is 2.32. The molecule has 0 aliphatic carbocycles. The van der Waals surface area contributed by atoms with Gasteiger partial charge in [0, 0.05) is 11.8 Å². The Kier molecular flexibility index (Phi) is 2.61. The highest BCUT2D eigenvalue weighted by atomic mass is 16.2. The summed E-state index contributed by atoms with van der Waals surface area (Å²) in [4.78, 5) is 21.9. The molecule has 2 heterocycles. The van der Waals surface area contributed by atoms with Crippen LogP contribution in [0.15, 0.2) is 24.3 Å². The summed E-state index contributed by atoms with van der Waals surface area (Å²) in [6.07, 6.45) is 0.283. The van der Waals surface area contributed by atoms with Gasteiger partial charge in [0.15, 0.2) is 0 Å². The molecule has 6 heteroatoms. The first-order valence-electron chi connectivity index (χ1n) is 6.05. The molecular weight excluding hydrogens is 254 g/mol. The van der Waals surface area contributed by atoms with Gasteiger partial charge in [-0.05, 0) is 30.7 Å². The summed E-state index contributed by atoms with van der Waals surface area (Å²) in [6, 6.07) is 8.80. The van der Waals surface area contributed by atoms with E-state index in [4.69, 9.17) is 11.0 Å². The topological polar surface area (TPSA) is 95.9 Å². The molecule has 0 bridgehead atoms. The molecule has 0 unspecified atom stereocenters. The van der Waals surface area contributed by atoms with Crippen molar-refractivity contribution in [1.29, 1.82) is 5.26 Å². The second-order valence-electron chi connectivity index (χ2n) is 4.56. The number of aromatic nitrogens is 2. The smallest absolute Gasteiger partial charge is 0.237 e. The highest BCUT2D eigenvalue weighted by molar-refractivity contribution is 6.06. The van der Waals surface area contributed by atoms with Crippen molar-refractivity contribution < 1.29 is 4.79 Å². The van der Waals surface area contributed by atoms with Crippen molar-refractivity contribution in [3.63, 3.8) is 0 Å². The SMILES string of the molecule is Cc1nc(C#N)cc(N2C(=O)Cc3cc(N)ccc32)n1. The molecule has 0 atom stereocenters. The average Bonchev–Trinajstić information content (AvgIpc) is 2.72. The molecule has 98 valence electrons. The van der Waals surface area contributed by atoms with Crippen molar-refractivity contribution >= 4 is 23.1 Å². The lowest BCUT2D eigenvalue weighted by Crippen LogP contribution is -2.22. The molecule has 1 aliphatic rings. The number of hydrogen-bond acceptors (Lipinski definition) is 5. The Morgan fingerprint density at radius 3 is 2.90 bits per heavy atom. The number of rotatable bonds is 1. The maximum absolute atomic E-state index is 12.2. The maximum atomic E-state index is 12.2. The molecule has 1 aromatic heterocycles. The summed E-state index contributed by atoms with van der Waals surface area (Å²) in [5.74, 6) is 0.783. The summed E-state index contributed by atoms with van der Waals surface area (Å²) >= 11 is 0. The van der Waals surface area contributed by atoms with Crippen molar-refractivity contribution in [3.8, 4) is 6.07 Å². The Morgan fingerprint density at radius 2 is 2.15 bits per heavy atom. The Bertz CT molecular complexity index is 763. The molecule has 3 rings (SSSR count). The number of nitrogen functional groups attached to an aromatic ring is 1. The number of fused-ring (bicyclic) bond motifs is 1. The predicted octanol–water partition coefficient (Wildman–Crippen LogP) is 1.46. The summed E-state index contributed by atoms with van der Waals surface area (Å²) in [7, 11) is 0. The highest BCUT2D eigenvalue weighted by Gasteiger charge is 2.30. The molecule has 1 aliphatic heterocycles. The Morgan fingerprint density at radius 1 is 1.35 bits per heavy atom. The van der Waals surface area contributed by atoms with Crippen LogP contribution in [0.2, 0.25) is 0 Å². The number of nitrogens with zero attached hydrogens (tertiary/aromatic N) is 4. The number of amides is 1. The van der Waals surface area contributed by atoms with Crippen molar-refractivity contribution in [1.82, 2.24) is 9.97 Å². The van der Waals surface area contributed by atoms with Gasteiger partial charge in [0.05, 0.1) is 12.1 Å². The largest absolute Gasteiger partial charge is 0.399 e. The second kappa shape index (κ2) is 4.31. The Hall–Kier alpha value is -2.94. The molecule has 20 heavy (non-hydrogen) atoms. The van der Waals surface area contributed by atoms with Crippen LogP contribution in [0.3, 0.4) is 0 Å². The Labute approximate surface area is 115 Å². The van der Waals surface area contributed by atoms with E-state index < -0.39 is 0 Å². The van der Waals surface area contributed by atoms with Crippen LogP contribution in [0.5, 0.6) is 0 Å². The van der Waals surface area contributed by atoms with E-state index in [9.17, 15) is 4.79 Å². The van der Waals surface area contributed by atoms with Gasteiger partial charge in [-0.25, -0.2) is 9.97 Å². The van der Waals surface area contributed by atoms with E-state index in [-0.39, 0.29) is 18.0 Å². The van der Waals surface area contributed by atoms with Crippen LogP contribution < -0.4 is 10.6 Å². The number of nitriles is 1. The van der Waals surface area contributed by atoms with Crippen LogP contribution in [0, 0.1) is 18.3 Å². The molecule has 0 radical (unpaired) electrons. The van der Waals surface area contributed by atoms with E-state index in [2.05, 4.69) is 9.97 Å². The van der Waals surface area contributed by atoms with Gasteiger partial charge in [-0.2, -0.15) is 5.26 Å². The van der Waals surface area contributed by atoms with E-state index >= 15 is 0 Å². The summed E-state index contributed by atoms with van der Waals surface area (Å²) in [5.41, 5.74) is 8.21. The maximum Gasteiger partial charge on any atom is 0.237 e. The van der Waals surface area contributed by atoms with Gasteiger partial charge in [-0.15, -0.1) is 0 Å². The summed E-state index contributed by atoms with van der Waals surface area (Å²) < 4.78 is 0. The first kappa shape index (κ1) is 12.1. The molecule has 0 fully saturated rings. The number of nitrogens with two attached hydrogens (primary N) is 1. The van der Waals surface area contributed by atoms with Gasteiger partial charge >= 0.3 is 0 Å². The highest BCUT2D eigenvalue weighted by Crippen LogP contribution is 2.35. The standard InChI is InChI=1S/C14H11N5O/c1-8-17-11(7-15)6-13(18-8)19-12-3-2-10(16)4-9(12)5-14(19)20/h2-4,6H,5,16H2,1H3. The third kappa shape index (κ3) is 1.86. The molecule has 0 saturated heterocycles. The van der Waals surface area contributed by atoms with Crippen LogP contribution in [0.1, 0.15) is 17.1 Å². The van der Waals surface area contributed by atoms with Gasteiger partial charge in [0.2, 0.25) is 5.91 Å². The third-order valence-corrected chi connectivity index (χ3v) is 3.10. The number of carbonyl (C=O) groups excluding carboxylic acids is 1. The van der Waals surface area contributed by atoms with E-state index in [1.807, 2.05) is 6.07 Å². The molecule has 2 aromatic rings. The van der Waals surface area contributed by atoms with Crippen LogP contribution in [-0.2, 0) is 11.2 Å². The van der Waals surface area contributed by atoms with Gasteiger partial charge < -0.3 is 5.73 Å². The third-order valence-electron chi connectivity index (χ3n) is 3.10. The molecule has 1 aromatic carbocycles. The lowest BCUT2D eigenvalue weighted by atomic mass is 10.1. The van der Waals surface area contributed by atoms with E-state index in [0.717, 1.165) is 11.3 Å². The summed E-state index contributed by atoms with van der Waals surface area (Å²) in [5, 5.41) is 8.97. The zero-order chi connectivity index (χ0) is 14.3. The molecule has 1 amide bonds. The van der Waals surface area contributed by atoms with Crippen molar-refractivity contribution in [2.75, 3.05) is 10.6 Å². The Balaban J connectivity index is 2.14. The van der Waals surface area contributed by atoms with Gasteiger partial charge in [0.25, 0.3) is 0 Å². The lowest BCUT2D eigenvalue weighted by molar-refractivity contribution is -0.116. The van der Waals surface area contributed by atoms with E-state index in [1.54, 1.807) is 25.1 Å². The van der Waals surface area contributed by atoms with Crippen molar-refractivity contribution in [2.24, 2.45) is 0 Å². The van der Waals surface area contributed by atoms with Crippen LogP contribution in [0.4, 0.5) is 17.2 Å². The quantitative estimate of drug-likeness (QED) is 0.787. The van der Waals surface area contributed by atoms with Gasteiger partial charge in [0.1, 0.15) is 23.4 Å². The number of aryl methyl sites for hydroxylation is 1. The van der Waals surface area contributed by atoms with Crippen LogP contribution >= 0.6 is 0 Å². The first-order chi connectivity index (χ1) is 9.58. The van der Waals surface area contributed by atoms with E-state index in [0.29, 0.717) is 17.3 Å². The van der Waals surface area contributed by atoms with Crippen LogP contribution in [-0.4, -0.2) is 15.9 Å². The minimum atomic E-state index is -0.0902. The first-order valence-corrected chi connectivity index (χ1v) is 6.05. The minimum Gasteiger partial charge on any atom is -0.399 e. The molecule has 2 N–H and O–H groups in total.